The van der Waals surface area contributed by atoms with Crippen LogP contribution in [0.5, 0.6) is 11.5 Å². The minimum absolute atomic E-state index is 0.490. The summed E-state index contributed by atoms with van der Waals surface area (Å²) in [6.45, 7) is 1.37. The number of rotatable bonds is 7. The Morgan fingerprint density at radius 1 is 1.25 bits per heavy atom. The van der Waals surface area contributed by atoms with Crippen LogP contribution in [-0.4, -0.2) is 37.7 Å². The van der Waals surface area contributed by atoms with Gasteiger partial charge in [0.05, 0.1) is 19.8 Å². The van der Waals surface area contributed by atoms with Gasteiger partial charge in [0.15, 0.2) is 11.5 Å². The third-order valence-corrected chi connectivity index (χ3v) is 4.66. The van der Waals surface area contributed by atoms with Crippen molar-refractivity contribution in [3.63, 3.8) is 0 Å². The Hall–Kier alpha value is -0.910. The molecule has 1 aliphatic carbocycles. The van der Waals surface area contributed by atoms with Crippen LogP contribution in [0.3, 0.4) is 0 Å². The SMILES string of the molecule is COc1cc(CNCC2(O)CCC2)c(SC)cc1OC. The van der Waals surface area contributed by atoms with Crippen LogP contribution >= 0.6 is 11.8 Å². The van der Waals surface area contributed by atoms with E-state index in [2.05, 4.69) is 5.32 Å². The number of nitrogens with one attached hydrogen (secondary N) is 1. The van der Waals surface area contributed by atoms with E-state index in [1.165, 1.54) is 0 Å². The summed E-state index contributed by atoms with van der Waals surface area (Å²) in [5.74, 6) is 1.49. The molecule has 2 rings (SSSR count). The summed E-state index contributed by atoms with van der Waals surface area (Å²) in [4.78, 5) is 1.16. The number of methoxy groups -OCH3 is 2. The van der Waals surface area contributed by atoms with Gasteiger partial charge in [-0.25, -0.2) is 0 Å². The molecule has 0 radical (unpaired) electrons. The van der Waals surface area contributed by atoms with Crippen LogP contribution in [0.4, 0.5) is 0 Å². The van der Waals surface area contributed by atoms with Gasteiger partial charge in [0.1, 0.15) is 0 Å². The quantitative estimate of drug-likeness (QED) is 0.757. The van der Waals surface area contributed by atoms with Crippen LogP contribution in [0.25, 0.3) is 0 Å². The maximum Gasteiger partial charge on any atom is 0.161 e. The number of thioether (sulfide) groups is 1. The van der Waals surface area contributed by atoms with Crippen LogP contribution in [0.15, 0.2) is 17.0 Å². The van der Waals surface area contributed by atoms with Crippen molar-refractivity contribution in [1.29, 1.82) is 0 Å². The van der Waals surface area contributed by atoms with E-state index in [9.17, 15) is 5.11 Å². The molecular formula is C15H23NO3S. The van der Waals surface area contributed by atoms with Gasteiger partial charge in [0.2, 0.25) is 0 Å². The first-order chi connectivity index (χ1) is 9.61. The molecule has 2 N–H and O–H groups in total. The molecule has 0 atom stereocenters. The van der Waals surface area contributed by atoms with Gasteiger partial charge in [-0.15, -0.1) is 11.8 Å². The maximum absolute atomic E-state index is 10.1. The Balaban J connectivity index is 2.05. The van der Waals surface area contributed by atoms with Crippen molar-refractivity contribution in [2.24, 2.45) is 0 Å². The summed E-state index contributed by atoms with van der Waals surface area (Å²) >= 11 is 1.68. The van der Waals surface area contributed by atoms with Gasteiger partial charge in [0.25, 0.3) is 0 Å². The Morgan fingerprint density at radius 2 is 1.90 bits per heavy atom. The van der Waals surface area contributed by atoms with Gasteiger partial charge in [-0.05, 0) is 43.2 Å². The fourth-order valence-corrected chi connectivity index (χ4v) is 3.04. The maximum atomic E-state index is 10.1. The number of hydrogen-bond donors (Lipinski definition) is 2. The Bertz CT molecular complexity index is 461. The highest BCUT2D eigenvalue weighted by molar-refractivity contribution is 7.98. The fourth-order valence-electron chi connectivity index (χ4n) is 2.42. The van der Waals surface area contributed by atoms with E-state index >= 15 is 0 Å². The van der Waals surface area contributed by atoms with Gasteiger partial charge < -0.3 is 19.9 Å². The molecular weight excluding hydrogens is 274 g/mol. The lowest BCUT2D eigenvalue weighted by Gasteiger charge is -2.36. The summed E-state index contributed by atoms with van der Waals surface area (Å²) in [7, 11) is 3.29. The van der Waals surface area contributed by atoms with Crippen molar-refractivity contribution < 1.29 is 14.6 Å². The average Bonchev–Trinajstić information content (AvgIpc) is 2.44. The molecule has 1 aliphatic rings. The zero-order chi connectivity index (χ0) is 14.6. The van der Waals surface area contributed by atoms with Gasteiger partial charge in [0, 0.05) is 18.0 Å². The lowest BCUT2D eigenvalue weighted by Crippen LogP contribution is -2.46. The van der Waals surface area contributed by atoms with E-state index in [-0.39, 0.29) is 0 Å². The van der Waals surface area contributed by atoms with Gasteiger partial charge in [-0.2, -0.15) is 0 Å². The molecule has 1 aromatic rings. The Kier molecular flexibility index (Phi) is 5.18. The Labute approximate surface area is 124 Å². The van der Waals surface area contributed by atoms with Gasteiger partial charge in [-0.1, -0.05) is 0 Å². The molecule has 0 aromatic heterocycles. The summed E-state index contributed by atoms with van der Waals surface area (Å²) in [5.41, 5.74) is 0.675. The Morgan fingerprint density at radius 3 is 2.40 bits per heavy atom. The summed E-state index contributed by atoms with van der Waals surface area (Å²) in [6, 6.07) is 4.00. The lowest BCUT2D eigenvalue weighted by atomic mass is 9.80. The highest BCUT2D eigenvalue weighted by atomic mass is 32.2. The zero-order valence-electron chi connectivity index (χ0n) is 12.4. The first kappa shape index (κ1) is 15.5. The molecule has 1 aromatic carbocycles. The third-order valence-electron chi connectivity index (χ3n) is 3.84. The average molecular weight is 297 g/mol. The molecule has 0 unspecified atom stereocenters. The van der Waals surface area contributed by atoms with Gasteiger partial charge in [-0.3, -0.25) is 0 Å². The van der Waals surface area contributed by atoms with Crippen molar-refractivity contribution in [2.75, 3.05) is 27.0 Å². The van der Waals surface area contributed by atoms with Crippen molar-refractivity contribution in [3.8, 4) is 11.5 Å². The molecule has 0 aliphatic heterocycles. The molecule has 5 heteroatoms. The van der Waals surface area contributed by atoms with Crippen LogP contribution in [0.2, 0.25) is 0 Å². The van der Waals surface area contributed by atoms with Crippen molar-refractivity contribution in [1.82, 2.24) is 5.32 Å². The number of ether oxygens (including phenoxy) is 2. The predicted molar refractivity (Wildman–Crippen MR) is 81.8 cm³/mol. The molecule has 4 nitrogen and oxygen atoms in total. The predicted octanol–water partition coefficient (Wildman–Crippen LogP) is 2.43. The van der Waals surface area contributed by atoms with Crippen molar-refractivity contribution in [2.45, 2.75) is 36.3 Å². The fraction of sp³-hybridized carbons (Fsp3) is 0.600. The number of benzene rings is 1. The second-order valence-corrected chi connectivity index (χ2v) is 6.05. The third kappa shape index (κ3) is 3.40. The molecule has 1 fully saturated rings. The minimum Gasteiger partial charge on any atom is -0.493 e. The summed E-state index contributed by atoms with van der Waals surface area (Å²) in [5, 5.41) is 13.4. The van der Waals surface area contributed by atoms with E-state index < -0.39 is 5.60 Å². The molecule has 0 saturated heterocycles. The molecule has 0 amide bonds. The van der Waals surface area contributed by atoms with Crippen molar-refractivity contribution >= 4 is 11.8 Å². The normalized spacial score (nSPS) is 16.6. The topological polar surface area (TPSA) is 50.7 Å². The lowest BCUT2D eigenvalue weighted by molar-refractivity contribution is -0.0315. The molecule has 0 spiro atoms. The summed E-state index contributed by atoms with van der Waals surface area (Å²) in [6.07, 6.45) is 4.98. The number of hydrogen-bond acceptors (Lipinski definition) is 5. The molecule has 0 bridgehead atoms. The van der Waals surface area contributed by atoms with Crippen molar-refractivity contribution in [3.05, 3.63) is 17.7 Å². The largest absolute Gasteiger partial charge is 0.493 e. The highest BCUT2D eigenvalue weighted by Gasteiger charge is 2.33. The second kappa shape index (κ2) is 6.70. The van der Waals surface area contributed by atoms with Crippen LogP contribution < -0.4 is 14.8 Å². The smallest absolute Gasteiger partial charge is 0.161 e. The second-order valence-electron chi connectivity index (χ2n) is 5.20. The minimum atomic E-state index is -0.490. The van der Waals surface area contributed by atoms with E-state index in [4.69, 9.17) is 9.47 Å². The van der Waals surface area contributed by atoms with E-state index in [0.717, 1.165) is 47.8 Å². The highest BCUT2D eigenvalue weighted by Crippen LogP contribution is 2.35. The van der Waals surface area contributed by atoms with E-state index in [0.29, 0.717) is 6.54 Å². The zero-order valence-corrected chi connectivity index (χ0v) is 13.2. The van der Waals surface area contributed by atoms with Gasteiger partial charge >= 0.3 is 0 Å². The standard InChI is InChI=1S/C15H23NO3S/c1-18-12-7-11(14(20-3)8-13(12)19-2)9-16-10-15(17)5-4-6-15/h7-8,16-17H,4-6,9-10H2,1-3H3. The first-order valence-electron chi connectivity index (χ1n) is 6.84. The van der Waals surface area contributed by atoms with Crippen LogP contribution in [0.1, 0.15) is 24.8 Å². The number of aliphatic hydroxyl groups is 1. The van der Waals surface area contributed by atoms with Crippen LogP contribution in [-0.2, 0) is 6.54 Å². The van der Waals surface area contributed by atoms with E-state index in [1.54, 1.807) is 26.0 Å². The first-order valence-corrected chi connectivity index (χ1v) is 8.06. The summed E-state index contributed by atoms with van der Waals surface area (Å²) < 4.78 is 10.7. The molecule has 0 heterocycles. The van der Waals surface area contributed by atoms with Crippen LogP contribution in [0, 0.1) is 0 Å². The monoisotopic (exact) mass is 297 g/mol. The molecule has 1 saturated carbocycles. The molecule has 112 valence electrons. The molecule has 20 heavy (non-hydrogen) atoms. The van der Waals surface area contributed by atoms with E-state index in [1.807, 2.05) is 18.4 Å².